The van der Waals surface area contributed by atoms with Crippen molar-refractivity contribution in [3.8, 4) is 0 Å². The Kier molecular flexibility index (Phi) is 4.86. The van der Waals surface area contributed by atoms with E-state index in [0.717, 1.165) is 12.1 Å². The van der Waals surface area contributed by atoms with Crippen LogP contribution in [0.1, 0.15) is 18.9 Å². The molecular weight excluding hydrogens is 256 g/mol. The maximum Gasteiger partial charge on any atom is 0.237 e. The minimum absolute atomic E-state index is 0.0168. The molecule has 20 heavy (non-hydrogen) atoms. The number of nitrogens with zero attached hydrogens (tertiary/aromatic N) is 3. The Labute approximate surface area is 119 Å². The van der Waals surface area contributed by atoms with E-state index in [1.807, 2.05) is 6.92 Å². The van der Waals surface area contributed by atoms with E-state index in [1.54, 1.807) is 19.4 Å². The van der Waals surface area contributed by atoms with Crippen molar-refractivity contribution in [3.63, 3.8) is 0 Å². The fourth-order valence-corrected chi connectivity index (χ4v) is 2.47. The van der Waals surface area contributed by atoms with Crippen LogP contribution in [-0.2, 0) is 11.3 Å². The lowest BCUT2D eigenvalue weighted by Gasteiger charge is -2.22. The lowest BCUT2D eigenvalue weighted by Crippen LogP contribution is -2.41. The summed E-state index contributed by atoms with van der Waals surface area (Å²) < 4.78 is 0. The van der Waals surface area contributed by atoms with Crippen LogP contribution in [-0.4, -0.2) is 53.0 Å². The first-order valence-electron chi connectivity index (χ1n) is 6.90. The van der Waals surface area contributed by atoms with Gasteiger partial charge in [-0.25, -0.2) is 9.97 Å². The molecule has 0 aliphatic carbocycles. The van der Waals surface area contributed by atoms with Crippen LogP contribution in [0.3, 0.4) is 0 Å². The summed E-state index contributed by atoms with van der Waals surface area (Å²) in [5.74, 6) is 0.639. The molecule has 1 aromatic rings. The molecule has 0 aromatic carbocycles. The number of aromatic nitrogens is 2. The van der Waals surface area contributed by atoms with Gasteiger partial charge in [0, 0.05) is 50.7 Å². The molecule has 0 saturated carbocycles. The van der Waals surface area contributed by atoms with E-state index in [-0.39, 0.29) is 18.0 Å². The number of carbonyl (C=O) groups excluding carboxylic acids is 1. The zero-order valence-electron chi connectivity index (χ0n) is 12.0. The van der Waals surface area contributed by atoms with Gasteiger partial charge in [0.2, 0.25) is 11.9 Å². The highest BCUT2D eigenvalue weighted by molar-refractivity contribution is 5.81. The van der Waals surface area contributed by atoms with E-state index in [9.17, 15) is 4.79 Å². The third-order valence-corrected chi connectivity index (χ3v) is 3.41. The Morgan fingerprint density at radius 2 is 2.20 bits per heavy atom. The molecular formula is C13H22N6O. The molecule has 7 nitrogen and oxygen atoms in total. The average molecular weight is 278 g/mol. The molecule has 0 bridgehead atoms. The smallest absolute Gasteiger partial charge is 0.237 e. The molecule has 0 spiro atoms. The van der Waals surface area contributed by atoms with Crippen LogP contribution in [0.15, 0.2) is 12.4 Å². The number of hydrogen-bond acceptors (Lipinski definition) is 6. The third kappa shape index (κ3) is 3.43. The summed E-state index contributed by atoms with van der Waals surface area (Å²) in [7, 11) is 1.65. The first-order chi connectivity index (χ1) is 9.63. The molecule has 4 N–H and O–H groups in total. The number of anilines is 1. The van der Waals surface area contributed by atoms with E-state index in [2.05, 4.69) is 25.5 Å². The Hall–Kier alpha value is -1.73. The van der Waals surface area contributed by atoms with Crippen LogP contribution in [0, 0.1) is 0 Å². The van der Waals surface area contributed by atoms with Crippen LogP contribution in [0.2, 0.25) is 0 Å². The van der Waals surface area contributed by atoms with Gasteiger partial charge < -0.3 is 16.4 Å². The van der Waals surface area contributed by atoms with Gasteiger partial charge in [0.15, 0.2) is 0 Å². The standard InChI is InChI=1S/C13H22N6O/c1-3-16-13-17-5-9(6-18-13)7-19-8-10(14)4-11(19)12(20)15-2/h5-6,10-11H,3-4,7-8,14H2,1-2H3,(H,15,20)(H,16,17,18)/t10-,11-/m0/s1. The topological polar surface area (TPSA) is 96.2 Å². The molecule has 2 rings (SSSR count). The summed E-state index contributed by atoms with van der Waals surface area (Å²) in [4.78, 5) is 22.4. The van der Waals surface area contributed by atoms with Gasteiger partial charge >= 0.3 is 0 Å². The third-order valence-electron chi connectivity index (χ3n) is 3.41. The van der Waals surface area contributed by atoms with Crippen molar-refractivity contribution >= 4 is 11.9 Å². The molecule has 1 aromatic heterocycles. The highest BCUT2D eigenvalue weighted by atomic mass is 16.2. The first kappa shape index (κ1) is 14.7. The Morgan fingerprint density at radius 1 is 1.50 bits per heavy atom. The molecule has 1 aliphatic rings. The second-order valence-corrected chi connectivity index (χ2v) is 5.00. The highest BCUT2D eigenvalue weighted by Gasteiger charge is 2.34. The van der Waals surface area contributed by atoms with Gasteiger partial charge in [0.1, 0.15) is 0 Å². The lowest BCUT2D eigenvalue weighted by atomic mass is 10.1. The number of rotatable bonds is 5. The molecule has 1 fully saturated rings. The van der Waals surface area contributed by atoms with Gasteiger partial charge in [-0.15, -0.1) is 0 Å². The van der Waals surface area contributed by atoms with Crippen molar-refractivity contribution in [2.24, 2.45) is 5.73 Å². The Bertz CT molecular complexity index is 449. The van der Waals surface area contributed by atoms with Crippen molar-refractivity contribution < 1.29 is 4.79 Å². The first-order valence-corrected chi connectivity index (χ1v) is 6.90. The summed E-state index contributed by atoms with van der Waals surface area (Å²) >= 11 is 0. The van der Waals surface area contributed by atoms with E-state index < -0.39 is 0 Å². The minimum Gasteiger partial charge on any atom is -0.358 e. The predicted octanol–water partition coefficient (Wildman–Crippen LogP) is -0.444. The molecule has 2 heterocycles. The number of nitrogens with one attached hydrogen (secondary N) is 2. The maximum absolute atomic E-state index is 11.8. The van der Waals surface area contributed by atoms with Gasteiger partial charge in [0.25, 0.3) is 0 Å². The van der Waals surface area contributed by atoms with Crippen LogP contribution in [0.4, 0.5) is 5.95 Å². The van der Waals surface area contributed by atoms with Crippen molar-refractivity contribution in [2.75, 3.05) is 25.5 Å². The normalized spacial score (nSPS) is 22.8. The number of likely N-dealkylation sites (N-methyl/N-ethyl adjacent to an activating group) is 1. The predicted molar refractivity (Wildman–Crippen MR) is 77.1 cm³/mol. The number of carbonyl (C=O) groups is 1. The molecule has 2 atom stereocenters. The van der Waals surface area contributed by atoms with Crippen LogP contribution >= 0.6 is 0 Å². The monoisotopic (exact) mass is 278 g/mol. The second kappa shape index (κ2) is 6.62. The van der Waals surface area contributed by atoms with Crippen molar-refractivity contribution in [2.45, 2.75) is 32.0 Å². The zero-order valence-corrected chi connectivity index (χ0v) is 12.0. The summed E-state index contributed by atoms with van der Waals surface area (Å²) in [6.45, 7) is 4.14. The molecule has 1 aliphatic heterocycles. The molecule has 7 heteroatoms. The number of likely N-dealkylation sites (tertiary alicyclic amines) is 1. The number of hydrogen-bond donors (Lipinski definition) is 3. The Morgan fingerprint density at radius 3 is 2.80 bits per heavy atom. The summed E-state index contributed by atoms with van der Waals surface area (Å²) in [6.07, 6.45) is 4.27. The fourth-order valence-electron chi connectivity index (χ4n) is 2.47. The SMILES string of the molecule is CCNc1ncc(CN2C[C@@H](N)C[C@H]2C(=O)NC)cn1. The van der Waals surface area contributed by atoms with Crippen molar-refractivity contribution in [3.05, 3.63) is 18.0 Å². The summed E-state index contributed by atoms with van der Waals surface area (Å²) in [5.41, 5.74) is 6.94. The van der Waals surface area contributed by atoms with E-state index in [0.29, 0.717) is 25.5 Å². The Balaban J connectivity index is 2.02. The zero-order chi connectivity index (χ0) is 14.5. The number of nitrogens with two attached hydrogens (primary N) is 1. The van der Waals surface area contributed by atoms with Gasteiger partial charge in [-0.2, -0.15) is 0 Å². The van der Waals surface area contributed by atoms with Crippen LogP contribution in [0.25, 0.3) is 0 Å². The average Bonchev–Trinajstić information content (AvgIpc) is 2.81. The second-order valence-electron chi connectivity index (χ2n) is 5.00. The minimum atomic E-state index is -0.163. The highest BCUT2D eigenvalue weighted by Crippen LogP contribution is 2.19. The van der Waals surface area contributed by atoms with Crippen LogP contribution in [0.5, 0.6) is 0 Å². The van der Waals surface area contributed by atoms with E-state index >= 15 is 0 Å². The summed E-state index contributed by atoms with van der Waals surface area (Å²) in [5, 5.41) is 5.74. The quantitative estimate of drug-likeness (QED) is 0.675. The largest absolute Gasteiger partial charge is 0.358 e. The van der Waals surface area contributed by atoms with Crippen molar-refractivity contribution in [1.82, 2.24) is 20.2 Å². The van der Waals surface area contributed by atoms with Gasteiger partial charge in [-0.1, -0.05) is 0 Å². The van der Waals surface area contributed by atoms with Gasteiger partial charge in [0.05, 0.1) is 6.04 Å². The number of amides is 1. The van der Waals surface area contributed by atoms with Crippen molar-refractivity contribution in [1.29, 1.82) is 0 Å². The molecule has 110 valence electrons. The van der Waals surface area contributed by atoms with Crippen LogP contribution < -0.4 is 16.4 Å². The molecule has 0 unspecified atom stereocenters. The molecule has 0 radical (unpaired) electrons. The fraction of sp³-hybridized carbons (Fsp3) is 0.615. The molecule has 1 amide bonds. The lowest BCUT2D eigenvalue weighted by molar-refractivity contribution is -0.125. The maximum atomic E-state index is 11.8. The molecule has 1 saturated heterocycles. The summed E-state index contributed by atoms with van der Waals surface area (Å²) in [6, 6.07) is -0.123. The van der Waals surface area contributed by atoms with Gasteiger partial charge in [-0.05, 0) is 13.3 Å². The van der Waals surface area contributed by atoms with Gasteiger partial charge in [-0.3, -0.25) is 9.69 Å². The van der Waals surface area contributed by atoms with E-state index in [4.69, 9.17) is 5.73 Å². The van der Waals surface area contributed by atoms with E-state index in [1.165, 1.54) is 0 Å².